The van der Waals surface area contributed by atoms with Crippen LogP contribution in [0.1, 0.15) is 19.4 Å². The minimum Gasteiger partial charge on any atom is -0.352 e. The van der Waals surface area contributed by atoms with E-state index in [1.807, 2.05) is 37.3 Å². The van der Waals surface area contributed by atoms with Crippen LogP contribution in [0.15, 0.2) is 30.3 Å². The van der Waals surface area contributed by atoms with Crippen molar-refractivity contribution in [2.75, 3.05) is 5.75 Å². The number of hydrogen-bond donors (Lipinski definition) is 1. The third kappa shape index (κ3) is 5.54. The number of amides is 1. The summed E-state index contributed by atoms with van der Waals surface area (Å²) in [4.78, 5) is 22.5. The van der Waals surface area contributed by atoms with Gasteiger partial charge in [-0.2, -0.15) is 0 Å². The molecule has 1 amide bonds. The first kappa shape index (κ1) is 13.8. The van der Waals surface area contributed by atoms with Crippen LogP contribution in [0, 0.1) is 5.92 Å². The molecule has 0 spiro atoms. The van der Waals surface area contributed by atoms with Crippen molar-refractivity contribution in [3.05, 3.63) is 35.9 Å². The van der Waals surface area contributed by atoms with Gasteiger partial charge in [-0.05, 0) is 5.56 Å². The van der Waals surface area contributed by atoms with Crippen molar-refractivity contribution in [3.8, 4) is 0 Å². The zero-order chi connectivity index (χ0) is 12.7. The zero-order valence-electron chi connectivity index (χ0n) is 10.1. The fourth-order valence-corrected chi connectivity index (χ4v) is 1.91. The van der Waals surface area contributed by atoms with Crippen molar-refractivity contribution in [3.63, 3.8) is 0 Å². The van der Waals surface area contributed by atoms with E-state index in [0.717, 1.165) is 5.56 Å². The molecule has 1 aromatic carbocycles. The van der Waals surface area contributed by atoms with Gasteiger partial charge in [-0.25, -0.2) is 0 Å². The molecule has 0 unspecified atom stereocenters. The molecule has 17 heavy (non-hydrogen) atoms. The molecule has 0 fully saturated rings. The Kier molecular flexibility index (Phi) is 5.77. The summed E-state index contributed by atoms with van der Waals surface area (Å²) in [6.45, 7) is 3.88. The number of rotatable bonds is 5. The molecule has 0 aromatic heterocycles. The van der Waals surface area contributed by atoms with Gasteiger partial charge in [0.1, 0.15) is 0 Å². The summed E-state index contributed by atoms with van der Waals surface area (Å²) in [5, 5.41) is 2.91. The van der Waals surface area contributed by atoms with Gasteiger partial charge in [-0.3, -0.25) is 9.59 Å². The van der Waals surface area contributed by atoms with Gasteiger partial charge in [0.2, 0.25) is 5.91 Å². The number of nitrogens with one attached hydrogen (secondary N) is 1. The largest absolute Gasteiger partial charge is 0.352 e. The van der Waals surface area contributed by atoms with Crippen LogP contribution in [0.25, 0.3) is 0 Å². The molecule has 3 nitrogen and oxygen atoms in total. The van der Waals surface area contributed by atoms with Gasteiger partial charge in [0.25, 0.3) is 0 Å². The summed E-state index contributed by atoms with van der Waals surface area (Å²) in [5.74, 6) is 0.380. The maximum absolute atomic E-state index is 11.7. The van der Waals surface area contributed by atoms with E-state index in [1.54, 1.807) is 0 Å². The van der Waals surface area contributed by atoms with E-state index in [1.165, 1.54) is 18.7 Å². The highest BCUT2D eigenvalue weighted by molar-refractivity contribution is 8.13. The van der Waals surface area contributed by atoms with Gasteiger partial charge >= 0.3 is 0 Å². The maximum Gasteiger partial charge on any atom is 0.223 e. The van der Waals surface area contributed by atoms with Crippen molar-refractivity contribution in [1.82, 2.24) is 5.32 Å². The average molecular weight is 251 g/mol. The molecule has 0 aliphatic carbocycles. The normalized spacial score (nSPS) is 11.9. The first-order valence-corrected chi connectivity index (χ1v) is 6.53. The van der Waals surface area contributed by atoms with Crippen LogP contribution in [0.5, 0.6) is 0 Å². The second-order valence-electron chi connectivity index (χ2n) is 3.91. The van der Waals surface area contributed by atoms with Gasteiger partial charge in [0.05, 0.1) is 0 Å². The molecule has 0 saturated carbocycles. The number of carbonyl (C=O) groups is 2. The lowest BCUT2D eigenvalue weighted by molar-refractivity contribution is -0.124. The molecule has 0 radical (unpaired) electrons. The number of benzene rings is 1. The lowest BCUT2D eigenvalue weighted by Crippen LogP contribution is -2.30. The van der Waals surface area contributed by atoms with Gasteiger partial charge in [0, 0.05) is 25.1 Å². The minimum atomic E-state index is -0.146. The molecule has 4 heteroatoms. The first-order valence-electron chi connectivity index (χ1n) is 5.54. The Morgan fingerprint density at radius 2 is 1.94 bits per heavy atom. The van der Waals surface area contributed by atoms with E-state index in [9.17, 15) is 9.59 Å². The molecule has 0 aliphatic heterocycles. The molecule has 0 aliphatic rings. The highest BCUT2D eigenvalue weighted by atomic mass is 32.2. The fourth-order valence-electron chi connectivity index (χ4n) is 1.28. The van der Waals surface area contributed by atoms with E-state index in [-0.39, 0.29) is 16.9 Å². The van der Waals surface area contributed by atoms with E-state index < -0.39 is 0 Å². The molecule has 0 bridgehead atoms. The second kappa shape index (κ2) is 7.12. The minimum absolute atomic E-state index is 0.0115. The fraction of sp³-hybridized carbons (Fsp3) is 0.385. The third-order valence-corrected chi connectivity index (χ3v) is 3.37. The van der Waals surface area contributed by atoms with Gasteiger partial charge in [-0.15, -0.1) is 0 Å². The van der Waals surface area contributed by atoms with Crippen LogP contribution in [-0.4, -0.2) is 16.8 Å². The summed E-state index contributed by atoms with van der Waals surface area (Å²) < 4.78 is 0. The maximum atomic E-state index is 11.7. The van der Waals surface area contributed by atoms with Crippen molar-refractivity contribution >= 4 is 22.8 Å². The lowest BCUT2D eigenvalue weighted by Gasteiger charge is -2.10. The Morgan fingerprint density at radius 3 is 2.53 bits per heavy atom. The van der Waals surface area contributed by atoms with Gasteiger partial charge in [0.15, 0.2) is 5.12 Å². The number of hydrogen-bond acceptors (Lipinski definition) is 3. The number of thioether (sulfide) groups is 1. The predicted octanol–water partition coefficient (Wildman–Crippen LogP) is 2.22. The quantitative estimate of drug-likeness (QED) is 0.872. The molecule has 0 saturated heterocycles. The summed E-state index contributed by atoms with van der Waals surface area (Å²) in [7, 11) is 0. The smallest absolute Gasteiger partial charge is 0.223 e. The Balaban J connectivity index is 2.32. The highest BCUT2D eigenvalue weighted by Gasteiger charge is 2.13. The SMILES string of the molecule is CC(=O)SC[C@H](C)C(=O)NCc1ccccc1. The Labute approximate surface area is 106 Å². The average Bonchev–Trinajstić information content (AvgIpc) is 2.34. The van der Waals surface area contributed by atoms with Crippen LogP contribution in [0.2, 0.25) is 0 Å². The lowest BCUT2D eigenvalue weighted by atomic mass is 10.2. The first-order chi connectivity index (χ1) is 8.09. The summed E-state index contributed by atoms with van der Waals surface area (Å²) in [6, 6.07) is 9.76. The molecule has 0 heterocycles. The van der Waals surface area contributed by atoms with Gasteiger partial charge < -0.3 is 5.32 Å². The van der Waals surface area contributed by atoms with Crippen LogP contribution in [0.3, 0.4) is 0 Å². The monoisotopic (exact) mass is 251 g/mol. The Bertz CT molecular complexity index is 378. The second-order valence-corrected chi connectivity index (χ2v) is 5.10. The van der Waals surface area contributed by atoms with Crippen molar-refractivity contribution < 1.29 is 9.59 Å². The Morgan fingerprint density at radius 1 is 1.29 bits per heavy atom. The molecular formula is C13H17NO2S. The van der Waals surface area contributed by atoms with E-state index in [4.69, 9.17) is 0 Å². The topological polar surface area (TPSA) is 46.2 Å². The van der Waals surface area contributed by atoms with Crippen molar-refractivity contribution in [2.45, 2.75) is 20.4 Å². The van der Waals surface area contributed by atoms with E-state index in [2.05, 4.69) is 5.32 Å². The third-order valence-electron chi connectivity index (χ3n) is 2.29. The molecule has 1 atom stereocenters. The van der Waals surface area contributed by atoms with Crippen LogP contribution in [-0.2, 0) is 16.1 Å². The summed E-state index contributed by atoms with van der Waals surface area (Å²) in [6.07, 6.45) is 0. The zero-order valence-corrected chi connectivity index (χ0v) is 10.9. The highest BCUT2D eigenvalue weighted by Crippen LogP contribution is 2.09. The predicted molar refractivity (Wildman–Crippen MR) is 70.6 cm³/mol. The van der Waals surface area contributed by atoms with Crippen LogP contribution in [0.4, 0.5) is 0 Å². The van der Waals surface area contributed by atoms with Crippen molar-refractivity contribution in [2.24, 2.45) is 5.92 Å². The number of carbonyl (C=O) groups excluding carboxylic acids is 2. The van der Waals surface area contributed by atoms with E-state index in [0.29, 0.717) is 12.3 Å². The Hall–Kier alpha value is -1.29. The van der Waals surface area contributed by atoms with E-state index >= 15 is 0 Å². The van der Waals surface area contributed by atoms with Crippen LogP contribution < -0.4 is 5.32 Å². The molecule has 1 rings (SSSR count). The summed E-state index contributed by atoms with van der Waals surface area (Å²) >= 11 is 1.19. The van der Waals surface area contributed by atoms with Gasteiger partial charge in [-0.1, -0.05) is 49.0 Å². The summed E-state index contributed by atoms with van der Waals surface area (Å²) in [5.41, 5.74) is 1.08. The van der Waals surface area contributed by atoms with Crippen molar-refractivity contribution in [1.29, 1.82) is 0 Å². The molecular weight excluding hydrogens is 234 g/mol. The van der Waals surface area contributed by atoms with Crippen LogP contribution >= 0.6 is 11.8 Å². The standard InChI is InChI=1S/C13H17NO2S/c1-10(9-17-11(2)15)13(16)14-8-12-6-4-3-5-7-12/h3-7,10H,8-9H2,1-2H3,(H,14,16)/t10-/m0/s1. The molecule has 1 aromatic rings. The molecule has 1 N–H and O–H groups in total. The molecule has 92 valence electrons.